The quantitative estimate of drug-likeness (QED) is 0.593. The van der Waals surface area contributed by atoms with Crippen molar-refractivity contribution in [1.82, 2.24) is 30.4 Å². The molecule has 5 atom stereocenters. The van der Waals surface area contributed by atoms with Crippen LogP contribution >= 0.6 is 11.6 Å². The minimum atomic E-state index is -0.831. The van der Waals surface area contributed by atoms with Crippen LogP contribution in [0.25, 0.3) is 0 Å². The highest BCUT2D eigenvalue weighted by molar-refractivity contribution is 6.30. The molecule has 1 aromatic heterocycles. The Labute approximate surface area is 230 Å². The first-order valence-electron chi connectivity index (χ1n) is 14.0. The van der Waals surface area contributed by atoms with Crippen LogP contribution < -0.4 is 5.32 Å². The number of tetrazole rings is 1. The van der Waals surface area contributed by atoms with Gasteiger partial charge in [-0.3, -0.25) is 9.59 Å². The van der Waals surface area contributed by atoms with E-state index in [0.717, 1.165) is 36.5 Å². The van der Waals surface area contributed by atoms with Gasteiger partial charge in [0.15, 0.2) is 5.82 Å². The molecular formula is C29H41ClN6O2. The summed E-state index contributed by atoms with van der Waals surface area (Å²) in [5.41, 5.74) is -0.227. The van der Waals surface area contributed by atoms with Gasteiger partial charge in [0.25, 0.3) is 0 Å². The van der Waals surface area contributed by atoms with Crippen molar-refractivity contribution in [2.75, 3.05) is 13.1 Å². The van der Waals surface area contributed by atoms with Crippen LogP contribution in [0.2, 0.25) is 5.02 Å². The Balaban J connectivity index is 1.31. The molecular weight excluding hydrogens is 500 g/mol. The van der Waals surface area contributed by atoms with E-state index in [1.54, 1.807) is 4.68 Å². The molecule has 1 aliphatic heterocycles. The Morgan fingerprint density at radius 1 is 1.08 bits per heavy atom. The van der Waals surface area contributed by atoms with Crippen molar-refractivity contribution in [2.24, 2.45) is 29.7 Å². The van der Waals surface area contributed by atoms with Gasteiger partial charge < -0.3 is 10.2 Å². The summed E-state index contributed by atoms with van der Waals surface area (Å²) in [5, 5.41) is 16.1. The predicted octanol–water partition coefficient (Wildman–Crippen LogP) is 4.71. The lowest BCUT2D eigenvalue weighted by molar-refractivity contribution is -0.144. The molecule has 8 nitrogen and oxygen atoms in total. The summed E-state index contributed by atoms with van der Waals surface area (Å²) in [6.07, 6.45) is 4.26. The number of likely N-dealkylation sites (tertiary alicyclic amines) is 1. The number of aryl methyl sites for hydroxylation is 1. The van der Waals surface area contributed by atoms with Crippen LogP contribution in [-0.4, -0.2) is 55.5 Å². The lowest BCUT2D eigenvalue weighted by Gasteiger charge is -2.46. The third-order valence-electron chi connectivity index (χ3n) is 10.1. The van der Waals surface area contributed by atoms with E-state index < -0.39 is 11.0 Å². The molecule has 3 fully saturated rings. The van der Waals surface area contributed by atoms with Gasteiger partial charge in [-0.15, -0.1) is 5.10 Å². The second kappa shape index (κ2) is 9.61. The minimum absolute atomic E-state index is 0.0165. The molecule has 2 heterocycles. The molecule has 206 valence electrons. The summed E-state index contributed by atoms with van der Waals surface area (Å²) in [4.78, 5) is 30.1. The van der Waals surface area contributed by atoms with Crippen molar-refractivity contribution in [3.05, 3.63) is 40.7 Å². The summed E-state index contributed by atoms with van der Waals surface area (Å²) in [7, 11) is 1.85. The average molecular weight is 541 g/mol. The summed E-state index contributed by atoms with van der Waals surface area (Å²) >= 11 is 6.12. The molecule has 38 heavy (non-hydrogen) atoms. The standard InChI is InChI=1S/C29H41ClN6O2/c1-18-19(2)29(18,31-25(37)28(5)14-7-8-21(16-28)24-32-33-34-35(24)6)26(38)36-15-13-23(27(3,4)17-36)20-9-11-22(30)12-10-20/h9-12,18-19,21,23H,7-8,13-17H2,1-6H3,(H,31,37)/t18?,19?,21-,23?,28?,29?/m0/s1. The highest BCUT2D eigenvalue weighted by Gasteiger charge is 2.67. The second-order valence-corrected chi connectivity index (χ2v) is 13.5. The van der Waals surface area contributed by atoms with Gasteiger partial charge >= 0.3 is 0 Å². The SMILES string of the molecule is CC1C(C)C1(NC(=O)C1(C)CCC[C@H](c2nnnn2C)C1)C(=O)N1CCC(c2ccc(Cl)cc2)C(C)(C)C1. The van der Waals surface area contributed by atoms with Gasteiger partial charge in [0, 0.05) is 36.5 Å². The van der Waals surface area contributed by atoms with Crippen molar-refractivity contribution in [3.63, 3.8) is 0 Å². The summed E-state index contributed by atoms with van der Waals surface area (Å²) in [5.74, 6) is 1.56. The molecule has 2 amide bonds. The van der Waals surface area contributed by atoms with Gasteiger partial charge in [-0.25, -0.2) is 4.68 Å². The van der Waals surface area contributed by atoms with E-state index in [2.05, 4.69) is 60.7 Å². The zero-order chi connectivity index (χ0) is 27.5. The van der Waals surface area contributed by atoms with Crippen molar-refractivity contribution in [3.8, 4) is 0 Å². The maximum absolute atomic E-state index is 14.2. The topological polar surface area (TPSA) is 93.0 Å². The van der Waals surface area contributed by atoms with Crippen molar-refractivity contribution >= 4 is 23.4 Å². The third-order valence-corrected chi connectivity index (χ3v) is 10.3. The van der Waals surface area contributed by atoms with Gasteiger partial charge in [-0.2, -0.15) is 0 Å². The monoisotopic (exact) mass is 540 g/mol. The fourth-order valence-corrected chi connectivity index (χ4v) is 7.51. The summed E-state index contributed by atoms with van der Waals surface area (Å²) in [6.45, 7) is 12.0. The van der Waals surface area contributed by atoms with Crippen molar-refractivity contribution in [1.29, 1.82) is 0 Å². The van der Waals surface area contributed by atoms with Crippen LogP contribution in [-0.2, 0) is 16.6 Å². The average Bonchev–Trinajstić information content (AvgIpc) is 3.16. The van der Waals surface area contributed by atoms with E-state index in [-0.39, 0.29) is 35.0 Å². The second-order valence-electron chi connectivity index (χ2n) is 13.0. The molecule has 2 aromatic rings. The Bertz CT molecular complexity index is 1200. The molecule has 1 N–H and O–H groups in total. The fraction of sp³-hybridized carbons (Fsp3) is 0.690. The molecule has 5 rings (SSSR count). The van der Waals surface area contributed by atoms with Crippen LogP contribution in [0.3, 0.4) is 0 Å². The first-order chi connectivity index (χ1) is 17.9. The van der Waals surface area contributed by atoms with Crippen molar-refractivity contribution < 1.29 is 9.59 Å². The molecule has 1 aromatic carbocycles. The minimum Gasteiger partial charge on any atom is -0.341 e. The largest absolute Gasteiger partial charge is 0.341 e. The van der Waals surface area contributed by atoms with E-state index in [0.29, 0.717) is 25.4 Å². The zero-order valence-electron chi connectivity index (χ0n) is 23.5. The number of nitrogens with zero attached hydrogens (tertiary/aromatic N) is 5. The van der Waals surface area contributed by atoms with Crippen LogP contribution in [0.5, 0.6) is 0 Å². The highest BCUT2D eigenvalue weighted by Crippen LogP contribution is 2.54. The molecule has 3 aliphatic rings. The number of carbonyl (C=O) groups is 2. The molecule has 4 unspecified atom stereocenters. The molecule has 0 spiro atoms. The van der Waals surface area contributed by atoms with Crippen LogP contribution in [0.4, 0.5) is 0 Å². The zero-order valence-corrected chi connectivity index (χ0v) is 24.3. The van der Waals surface area contributed by atoms with E-state index in [4.69, 9.17) is 11.6 Å². The van der Waals surface area contributed by atoms with E-state index in [9.17, 15) is 9.59 Å². The molecule has 0 bridgehead atoms. The lowest BCUT2D eigenvalue weighted by atomic mass is 9.69. The number of hydrogen-bond acceptors (Lipinski definition) is 5. The van der Waals surface area contributed by atoms with E-state index in [1.807, 2.05) is 31.0 Å². The van der Waals surface area contributed by atoms with E-state index >= 15 is 0 Å². The fourth-order valence-electron chi connectivity index (χ4n) is 7.39. The molecule has 9 heteroatoms. The van der Waals surface area contributed by atoms with Gasteiger partial charge in [-0.05, 0) is 77.0 Å². The number of benzene rings is 1. The number of amides is 2. The number of rotatable bonds is 5. The normalized spacial score (nSPS) is 34.6. The smallest absolute Gasteiger partial charge is 0.248 e. The number of nitrogens with one attached hydrogen (secondary N) is 1. The Morgan fingerprint density at radius 3 is 2.34 bits per heavy atom. The number of hydrogen-bond donors (Lipinski definition) is 1. The maximum atomic E-state index is 14.2. The number of halogens is 1. The highest BCUT2D eigenvalue weighted by atomic mass is 35.5. The maximum Gasteiger partial charge on any atom is 0.248 e. The first kappa shape index (κ1) is 27.1. The molecule has 2 aliphatic carbocycles. The van der Waals surface area contributed by atoms with Crippen LogP contribution in [0, 0.1) is 22.7 Å². The lowest BCUT2D eigenvalue weighted by Crippen LogP contribution is -2.59. The van der Waals surface area contributed by atoms with Gasteiger partial charge in [0.1, 0.15) is 5.54 Å². The number of aromatic nitrogens is 4. The number of piperidine rings is 1. The van der Waals surface area contributed by atoms with Gasteiger partial charge in [0.05, 0.1) is 0 Å². The number of carbonyl (C=O) groups excluding carboxylic acids is 2. The van der Waals surface area contributed by atoms with E-state index in [1.165, 1.54) is 5.56 Å². The Hall–Kier alpha value is -2.48. The summed E-state index contributed by atoms with van der Waals surface area (Å²) in [6, 6.07) is 8.10. The molecule has 1 saturated heterocycles. The summed E-state index contributed by atoms with van der Waals surface area (Å²) < 4.78 is 1.71. The predicted molar refractivity (Wildman–Crippen MR) is 146 cm³/mol. The van der Waals surface area contributed by atoms with Crippen LogP contribution in [0.15, 0.2) is 24.3 Å². The Morgan fingerprint density at radius 2 is 1.76 bits per heavy atom. The van der Waals surface area contributed by atoms with Crippen molar-refractivity contribution in [2.45, 2.75) is 84.1 Å². The third kappa shape index (κ3) is 4.52. The first-order valence-corrected chi connectivity index (χ1v) is 14.4. The molecule has 2 saturated carbocycles. The van der Waals surface area contributed by atoms with Gasteiger partial charge in [-0.1, -0.05) is 64.8 Å². The Kier molecular flexibility index (Phi) is 6.86. The molecule has 0 radical (unpaired) electrons. The van der Waals surface area contributed by atoms with Gasteiger partial charge in [0.2, 0.25) is 11.8 Å². The van der Waals surface area contributed by atoms with Crippen LogP contribution in [0.1, 0.15) is 89.9 Å².